The van der Waals surface area contributed by atoms with Crippen LogP contribution >= 0.6 is 0 Å². The quantitative estimate of drug-likeness (QED) is 0.910. The largest absolute Gasteiger partial charge is 0.369 e. The van der Waals surface area contributed by atoms with Crippen molar-refractivity contribution in [3.63, 3.8) is 0 Å². The van der Waals surface area contributed by atoms with Crippen LogP contribution in [0.15, 0.2) is 53.5 Å². The van der Waals surface area contributed by atoms with Gasteiger partial charge in [-0.15, -0.1) is 0 Å². The first-order valence-corrected chi connectivity index (χ1v) is 6.57. The minimum atomic E-state index is -0.188. The summed E-state index contributed by atoms with van der Waals surface area (Å²) in [5, 5.41) is 0. The van der Waals surface area contributed by atoms with Gasteiger partial charge in [0.2, 0.25) is 0 Å². The molecule has 0 spiro atoms. The van der Waals surface area contributed by atoms with E-state index in [9.17, 15) is 4.39 Å². The van der Waals surface area contributed by atoms with E-state index in [2.05, 4.69) is 4.99 Å². The van der Waals surface area contributed by atoms with Crippen molar-refractivity contribution in [2.45, 2.75) is 13.0 Å². The molecule has 102 valence electrons. The number of aryl methyl sites for hydroxylation is 1. The number of hydrogen-bond acceptors (Lipinski definition) is 3. The standard InChI is InChI=1S/C16H16FN3/c1-11-9-12(7-8-14(11)17)15-10-19-16(18)20(15)13-5-3-2-4-6-13/h2-9,15H,10H2,1H3,(H2,18,19). The summed E-state index contributed by atoms with van der Waals surface area (Å²) in [5.41, 5.74) is 8.67. The van der Waals surface area contributed by atoms with E-state index in [1.165, 1.54) is 6.07 Å². The van der Waals surface area contributed by atoms with Crippen molar-refractivity contribution in [1.82, 2.24) is 0 Å². The monoisotopic (exact) mass is 269 g/mol. The SMILES string of the molecule is Cc1cc(C2CN=C(N)N2c2ccccc2)ccc1F. The topological polar surface area (TPSA) is 41.6 Å². The number of nitrogens with zero attached hydrogens (tertiary/aromatic N) is 2. The zero-order valence-corrected chi connectivity index (χ0v) is 11.3. The number of aliphatic imine (C=N–C) groups is 1. The smallest absolute Gasteiger partial charge is 0.196 e. The van der Waals surface area contributed by atoms with Gasteiger partial charge in [-0.25, -0.2) is 4.39 Å². The molecule has 4 heteroatoms. The van der Waals surface area contributed by atoms with Gasteiger partial charge in [-0.1, -0.05) is 30.3 Å². The summed E-state index contributed by atoms with van der Waals surface area (Å²) in [5.74, 6) is 0.315. The summed E-state index contributed by atoms with van der Waals surface area (Å²) in [6.45, 7) is 2.36. The molecule has 1 unspecified atom stereocenters. The van der Waals surface area contributed by atoms with Crippen LogP contribution < -0.4 is 10.6 Å². The molecule has 1 aliphatic rings. The van der Waals surface area contributed by atoms with Crippen LogP contribution in [-0.2, 0) is 0 Å². The Balaban J connectivity index is 1.99. The Bertz CT molecular complexity index is 652. The highest BCUT2D eigenvalue weighted by Gasteiger charge is 2.28. The summed E-state index contributed by atoms with van der Waals surface area (Å²) < 4.78 is 13.4. The van der Waals surface area contributed by atoms with Gasteiger partial charge in [0.25, 0.3) is 0 Å². The Morgan fingerprint density at radius 3 is 2.65 bits per heavy atom. The lowest BCUT2D eigenvalue weighted by molar-refractivity contribution is 0.616. The van der Waals surface area contributed by atoms with Crippen LogP contribution in [0.4, 0.5) is 10.1 Å². The fourth-order valence-corrected chi connectivity index (χ4v) is 2.53. The average Bonchev–Trinajstić information content (AvgIpc) is 2.85. The maximum absolute atomic E-state index is 13.4. The Kier molecular flexibility index (Phi) is 3.14. The predicted octanol–water partition coefficient (Wildman–Crippen LogP) is 3.01. The van der Waals surface area contributed by atoms with Gasteiger partial charge >= 0.3 is 0 Å². The molecular weight excluding hydrogens is 253 g/mol. The zero-order valence-electron chi connectivity index (χ0n) is 11.3. The molecule has 0 saturated carbocycles. The maximum Gasteiger partial charge on any atom is 0.196 e. The fourth-order valence-electron chi connectivity index (χ4n) is 2.53. The van der Waals surface area contributed by atoms with E-state index in [0.717, 1.165) is 11.3 Å². The van der Waals surface area contributed by atoms with Gasteiger partial charge in [0, 0.05) is 5.69 Å². The second-order valence-corrected chi connectivity index (χ2v) is 4.93. The molecule has 1 atom stereocenters. The summed E-state index contributed by atoms with van der Waals surface area (Å²) in [6.07, 6.45) is 0. The van der Waals surface area contributed by atoms with E-state index in [-0.39, 0.29) is 11.9 Å². The van der Waals surface area contributed by atoms with Crippen LogP contribution in [0.5, 0.6) is 0 Å². The first-order valence-electron chi connectivity index (χ1n) is 6.57. The molecule has 0 aromatic heterocycles. The normalized spacial score (nSPS) is 18.2. The van der Waals surface area contributed by atoms with Gasteiger partial charge in [0.1, 0.15) is 5.82 Å². The molecule has 2 N–H and O–H groups in total. The zero-order chi connectivity index (χ0) is 14.1. The predicted molar refractivity (Wildman–Crippen MR) is 79.3 cm³/mol. The van der Waals surface area contributed by atoms with E-state index >= 15 is 0 Å². The van der Waals surface area contributed by atoms with Gasteiger partial charge in [0.15, 0.2) is 5.96 Å². The summed E-state index contributed by atoms with van der Waals surface area (Å²) in [4.78, 5) is 6.32. The molecule has 0 fully saturated rings. The molecule has 0 aliphatic carbocycles. The molecule has 0 radical (unpaired) electrons. The number of nitrogens with two attached hydrogens (primary N) is 1. The summed E-state index contributed by atoms with van der Waals surface area (Å²) >= 11 is 0. The number of para-hydroxylation sites is 1. The third-order valence-corrected chi connectivity index (χ3v) is 3.59. The fraction of sp³-hybridized carbons (Fsp3) is 0.188. The van der Waals surface area contributed by atoms with E-state index in [1.807, 2.05) is 41.3 Å². The molecule has 20 heavy (non-hydrogen) atoms. The van der Waals surface area contributed by atoms with Gasteiger partial charge in [0.05, 0.1) is 12.6 Å². The highest BCUT2D eigenvalue weighted by Crippen LogP contribution is 2.31. The van der Waals surface area contributed by atoms with Crippen molar-refractivity contribution < 1.29 is 4.39 Å². The van der Waals surface area contributed by atoms with Crippen LogP contribution in [-0.4, -0.2) is 12.5 Å². The van der Waals surface area contributed by atoms with Gasteiger partial charge in [-0.2, -0.15) is 0 Å². The van der Waals surface area contributed by atoms with Crippen LogP contribution in [0.1, 0.15) is 17.2 Å². The van der Waals surface area contributed by atoms with E-state index in [4.69, 9.17) is 5.73 Å². The molecule has 0 amide bonds. The molecule has 2 aromatic carbocycles. The van der Waals surface area contributed by atoms with Crippen molar-refractivity contribution in [1.29, 1.82) is 0 Å². The van der Waals surface area contributed by atoms with Crippen LogP contribution in [0.2, 0.25) is 0 Å². The third kappa shape index (κ3) is 2.13. The molecule has 1 heterocycles. The van der Waals surface area contributed by atoms with Crippen molar-refractivity contribution >= 4 is 11.6 Å². The molecule has 3 rings (SSSR count). The van der Waals surface area contributed by atoms with E-state index in [0.29, 0.717) is 18.1 Å². The molecule has 2 aromatic rings. The summed E-state index contributed by atoms with van der Waals surface area (Å²) in [6, 6.07) is 15.1. The maximum atomic E-state index is 13.4. The Morgan fingerprint density at radius 1 is 1.20 bits per heavy atom. The Morgan fingerprint density at radius 2 is 1.95 bits per heavy atom. The van der Waals surface area contributed by atoms with Crippen LogP contribution in [0.25, 0.3) is 0 Å². The van der Waals surface area contributed by atoms with Crippen molar-refractivity contribution in [2.24, 2.45) is 10.7 Å². The molecule has 3 nitrogen and oxygen atoms in total. The minimum Gasteiger partial charge on any atom is -0.369 e. The molecule has 0 bridgehead atoms. The number of anilines is 1. The van der Waals surface area contributed by atoms with Gasteiger partial charge in [-0.05, 0) is 36.2 Å². The second kappa shape index (κ2) is 4.96. The number of guanidine groups is 1. The summed E-state index contributed by atoms with van der Waals surface area (Å²) in [7, 11) is 0. The van der Waals surface area contributed by atoms with Crippen molar-refractivity contribution in [3.05, 3.63) is 65.5 Å². The number of rotatable bonds is 2. The molecule has 1 aliphatic heterocycles. The van der Waals surface area contributed by atoms with E-state index in [1.54, 1.807) is 13.0 Å². The third-order valence-electron chi connectivity index (χ3n) is 3.59. The van der Waals surface area contributed by atoms with Crippen molar-refractivity contribution in [3.8, 4) is 0 Å². The highest BCUT2D eigenvalue weighted by molar-refractivity contribution is 5.97. The Labute approximate surface area is 117 Å². The molecule has 0 saturated heterocycles. The molecular formula is C16H16FN3. The van der Waals surface area contributed by atoms with Gasteiger partial charge < -0.3 is 10.6 Å². The lowest BCUT2D eigenvalue weighted by Crippen LogP contribution is -2.36. The average molecular weight is 269 g/mol. The lowest BCUT2D eigenvalue weighted by Gasteiger charge is -2.26. The highest BCUT2D eigenvalue weighted by atomic mass is 19.1. The first-order chi connectivity index (χ1) is 9.66. The number of halogens is 1. The lowest BCUT2D eigenvalue weighted by atomic mass is 10.0. The first kappa shape index (κ1) is 12.7. The number of hydrogen-bond donors (Lipinski definition) is 1. The van der Waals surface area contributed by atoms with E-state index < -0.39 is 0 Å². The number of benzene rings is 2. The second-order valence-electron chi connectivity index (χ2n) is 4.93. The van der Waals surface area contributed by atoms with Crippen molar-refractivity contribution in [2.75, 3.05) is 11.4 Å². The Hall–Kier alpha value is -2.36. The van der Waals surface area contributed by atoms with Crippen LogP contribution in [0.3, 0.4) is 0 Å². The minimum absolute atomic E-state index is 0.0247. The van der Waals surface area contributed by atoms with Crippen LogP contribution in [0, 0.1) is 12.7 Å². The van der Waals surface area contributed by atoms with Gasteiger partial charge in [-0.3, -0.25) is 4.99 Å².